The predicted molar refractivity (Wildman–Crippen MR) is 110 cm³/mol. The fourth-order valence-corrected chi connectivity index (χ4v) is 4.02. The molecule has 0 bridgehead atoms. The first-order chi connectivity index (χ1) is 13.8. The van der Waals surface area contributed by atoms with Crippen LogP contribution < -0.4 is 5.32 Å². The van der Waals surface area contributed by atoms with E-state index in [0.717, 1.165) is 34.3 Å². The summed E-state index contributed by atoms with van der Waals surface area (Å²) in [6, 6.07) is 11.4. The molecule has 1 atom stereocenters. The molecule has 142 valence electrons. The molecule has 8 heteroatoms. The summed E-state index contributed by atoms with van der Waals surface area (Å²) >= 11 is 1.39. The average molecular weight is 392 g/mol. The van der Waals surface area contributed by atoms with Crippen LogP contribution in [0, 0.1) is 0 Å². The van der Waals surface area contributed by atoms with E-state index in [-0.39, 0.29) is 17.6 Å². The second kappa shape index (κ2) is 8.35. The molecular formula is C20H20N6OS. The fraction of sp³-hybridized carbons (Fsp3) is 0.250. The molecule has 0 saturated carbocycles. The van der Waals surface area contributed by atoms with Crippen molar-refractivity contribution in [2.24, 2.45) is 4.99 Å². The highest BCUT2D eigenvalue weighted by Crippen LogP contribution is 2.30. The molecule has 7 nitrogen and oxygen atoms in total. The van der Waals surface area contributed by atoms with Crippen molar-refractivity contribution in [1.82, 2.24) is 19.7 Å². The molecule has 0 spiro atoms. The van der Waals surface area contributed by atoms with Crippen molar-refractivity contribution in [2.75, 3.05) is 17.6 Å². The quantitative estimate of drug-likeness (QED) is 0.652. The van der Waals surface area contributed by atoms with Crippen LogP contribution in [-0.4, -0.2) is 44.2 Å². The van der Waals surface area contributed by atoms with Gasteiger partial charge in [-0.2, -0.15) is 0 Å². The highest BCUT2D eigenvalue weighted by molar-refractivity contribution is 7.99. The van der Waals surface area contributed by atoms with Crippen LogP contribution in [0.15, 0.2) is 58.9 Å². The largest absolute Gasteiger partial charge is 0.325 e. The van der Waals surface area contributed by atoms with E-state index in [2.05, 4.69) is 37.0 Å². The molecule has 0 aliphatic carbocycles. The molecule has 0 fully saturated rings. The Morgan fingerprint density at radius 3 is 2.93 bits per heavy atom. The molecule has 1 aromatic carbocycles. The Morgan fingerprint density at radius 1 is 1.25 bits per heavy atom. The molecule has 2 aromatic heterocycles. The average Bonchev–Trinajstić information content (AvgIpc) is 3.15. The Morgan fingerprint density at radius 2 is 2.11 bits per heavy atom. The molecule has 1 N–H and O–H groups in total. The number of para-hydroxylation sites is 1. The molecule has 1 unspecified atom stereocenters. The van der Waals surface area contributed by atoms with Crippen molar-refractivity contribution in [2.45, 2.75) is 24.5 Å². The van der Waals surface area contributed by atoms with Crippen molar-refractivity contribution >= 4 is 29.6 Å². The lowest BCUT2D eigenvalue weighted by Crippen LogP contribution is -2.18. The number of amides is 1. The second-order valence-electron chi connectivity index (χ2n) is 6.34. The van der Waals surface area contributed by atoms with E-state index in [1.54, 1.807) is 6.20 Å². The zero-order chi connectivity index (χ0) is 19.3. The number of carbonyl (C=O) groups excluding carboxylic acids is 1. The minimum Gasteiger partial charge on any atom is -0.325 e. The Kier molecular flexibility index (Phi) is 5.48. The van der Waals surface area contributed by atoms with Gasteiger partial charge in [-0.1, -0.05) is 30.0 Å². The predicted octanol–water partition coefficient (Wildman–Crippen LogP) is 2.99. The Balaban J connectivity index is 1.49. The number of hydrogen-bond acceptors (Lipinski definition) is 6. The third-order valence-corrected chi connectivity index (χ3v) is 5.51. The number of fused-ring (bicyclic) bond motifs is 1. The standard InChI is InChI=1S/C20H20N6OS/c1-2-26-19(17-12-22-10-14-8-9-21-11-16(14)17)24-25-20(26)28-13-18(27)23-15-6-4-3-5-7-15/h3-11,17H,2,12-13H2,1H3,(H,23,27). The molecule has 28 heavy (non-hydrogen) atoms. The highest BCUT2D eigenvalue weighted by Gasteiger charge is 2.26. The highest BCUT2D eigenvalue weighted by atomic mass is 32.2. The number of benzene rings is 1. The lowest BCUT2D eigenvalue weighted by atomic mass is 9.93. The summed E-state index contributed by atoms with van der Waals surface area (Å²) in [4.78, 5) is 21.0. The zero-order valence-electron chi connectivity index (χ0n) is 15.4. The molecular weight excluding hydrogens is 372 g/mol. The lowest BCUT2D eigenvalue weighted by molar-refractivity contribution is -0.113. The number of nitrogens with zero attached hydrogens (tertiary/aromatic N) is 5. The van der Waals surface area contributed by atoms with E-state index in [4.69, 9.17) is 0 Å². The van der Waals surface area contributed by atoms with Gasteiger partial charge in [-0.05, 0) is 36.2 Å². The third-order valence-electron chi connectivity index (χ3n) is 4.54. The van der Waals surface area contributed by atoms with Gasteiger partial charge < -0.3 is 9.88 Å². The van der Waals surface area contributed by atoms with E-state index < -0.39 is 0 Å². The Hall–Kier alpha value is -3.00. The van der Waals surface area contributed by atoms with Gasteiger partial charge in [0.25, 0.3) is 0 Å². The van der Waals surface area contributed by atoms with Crippen LogP contribution in [0.3, 0.4) is 0 Å². The summed E-state index contributed by atoms with van der Waals surface area (Å²) in [5, 5.41) is 12.4. The minimum atomic E-state index is -0.0692. The first-order valence-electron chi connectivity index (χ1n) is 9.10. The molecule has 0 saturated heterocycles. The number of pyridine rings is 1. The Bertz CT molecular complexity index is 1000. The molecule has 0 radical (unpaired) electrons. The SMILES string of the molecule is CCn1c(SCC(=O)Nc2ccccc2)nnc1C1CN=Cc2ccncc21. The van der Waals surface area contributed by atoms with Gasteiger partial charge in [0.1, 0.15) is 5.82 Å². The maximum Gasteiger partial charge on any atom is 0.234 e. The van der Waals surface area contributed by atoms with E-state index in [1.165, 1.54) is 11.8 Å². The zero-order valence-corrected chi connectivity index (χ0v) is 16.3. The summed E-state index contributed by atoms with van der Waals surface area (Å²) in [6.07, 6.45) is 5.52. The molecule has 3 aromatic rings. The second-order valence-corrected chi connectivity index (χ2v) is 7.28. The molecule has 1 aliphatic heterocycles. The molecule has 3 heterocycles. The van der Waals surface area contributed by atoms with E-state index in [9.17, 15) is 4.79 Å². The number of hydrogen-bond donors (Lipinski definition) is 1. The first kappa shape index (κ1) is 18.4. The number of nitrogens with one attached hydrogen (secondary N) is 1. The van der Waals surface area contributed by atoms with Gasteiger partial charge in [0, 0.05) is 30.8 Å². The van der Waals surface area contributed by atoms with Crippen molar-refractivity contribution in [3.63, 3.8) is 0 Å². The van der Waals surface area contributed by atoms with Crippen molar-refractivity contribution < 1.29 is 4.79 Å². The third kappa shape index (κ3) is 3.82. The van der Waals surface area contributed by atoms with Crippen LogP contribution >= 0.6 is 11.8 Å². The van der Waals surface area contributed by atoms with E-state index in [1.807, 2.05) is 48.8 Å². The van der Waals surface area contributed by atoms with Gasteiger partial charge in [-0.25, -0.2) is 0 Å². The molecule has 1 amide bonds. The Labute approximate surface area is 167 Å². The van der Waals surface area contributed by atoms with Crippen LogP contribution in [-0.2, 0) is 11.3 Å². The van der Waals surface area contributed by atoms with Gasteiger partial charge in [-0.3, -0.25) is 14.8 Å². The normalized spacial score (nSPS) is 15.2. The van der Waals surface area contributed by atoms with Crippen molar-refractivity contribution in [3.8, 4) is 0 Å². The number of thioether (sulfide) groups is 1. The smallest absolute Gasteiger partial charge is 0.234 e. The number of rotatable bonds is 6. The number of anilines is 1. The summed E-state index contributed by atoms with van der Waals surface area (Å²) in [5.41, 5.74) is 2.96. The number of aromatic nitrogens is 4. The van der Waals surface area contributed by atoms with Gasteiger partial charge >= 0.3 is 0 Å². The first-order valence-corrected chi connectivity index (χ1v) is 10.1. The maximum atomic E-state index is 12.2. The van der Waals surface area contributed by atoms with E-state index in [0.29, 0.717) is 6.54 Å². The fourth-order valence-electron chi connectivity index (χ4n) is 3.21. The van der Waals surface area contributed by atoms with Crippen LogP contribution in [0.2, 0.25) is 0 Å². The van der Waals surface area contributed by atoms with Crippen molar-refractivity contribution in [3.05, 3.63) is 65.7 Å². The summed E-state index contributed by atoms with van der Waals surface area (Å²) in [5.74, 6) is 1.09. The summed E-state index contributed by atoms with van der Waals surface area (Å²) < 4.78 is 2.06. The summed E-state index contributed by atoms with van der Waals surface area (Å²) in [7, 11) is 0. The van der Waals surface area contributed by atoms with Crippen LogP contribution in [0.5, 0.6) is 0 Å². The van der Waals surface area contributed by atoms with Gasteiger partial charge in [-0.15, -0.1) is 10.2 Å². The van der Waals surface area contributed by atoms with Gasteiger partial charge in [0.05, 0.1) is 18.2 Å². The van der Waals surface area contributed by atoms with Crippen LogP contribution in [0.4, 0.5) is 5.69 Å². The van der Waals surface area contributed by atoms with Crippen LogP contribution in [0.1, 0.15) is 29.8 Å². The minimum absolute atomic E-state index is 0.0219. The van der Waals surface area contributed by atoms with Gasteiger partial charge in [0.15, 0.2) is 5.16 Å². The monoisotopic (exact) mass is 392 g/mol. The molecule has 4 rings (SSSR count). The number of carbonyl (C=O) groups is 1. The topological polar surface area (TPSA) is 85.1 Å². The van der Waals surface area contributed by atoms with Crippen LogP contribution in [0.25, 0.3) is 0 Å². The van der Waals surface area contributed by atoms with Gasteiger partial charge in [0.2, 0.25) is 5.91 Å². The van der Waals surface area contributed by atoms with Crippen molar-refractivity contribution in [1.29, 1.82) is 0 Å². The molecule has 1 aliphatic rings. The summed E-state index contributed by atoms with van der Waals surface area (Å²) in [6.45, 7) is 3.40. The lowest BCUT2D eigenvalue weighted by Gasteiger charge is -2.20. The number of aliphatic imine (C=N–C) groups is 1. The van der Waals surface area contributed by atoms with E-state index >= 15 is 0 Å². The maximum absolute atomic E-state index is 12.2.